The Hall–Kier alpha value is -3.41. The first kappa shape index (κ1) is 18.4. The number of benzene rings is 2. The maximum atomic E-state index is 12.4. The van der Waals surface area contributed by atoms with Gasteiger partial charge in [-0.3, -0.25) is 9.59 Å². The Morgan fingerprint density at radius 3 is 2.56 bits per heavy atom. The number of rotatable bonds is 5. The number of aryl methyl sites for hydroxylation is 1. The molecule has 3 aromatic rings. The van der Waals surface area contributed by atoms with E-state index in [9.17, 15) is 9.59 Å². The Bertz CT molecular complexity index is 961. The van der Waals surface area contributed by atoms with E-state index in [4.69, 9.17) is 4.52 Å². The summed E-state index contributed by atoms with van der Waals surface area (Å²) in [6.45, 7) is 3.99. The molecule has 3 rings (SSSR count). The van der Waals surface area contributed by atoms with Gasteiger partial charge in [0.15, 0.2) is 0 Å². The molecule has 0 radical (unpaired) electrons. The molecule has 0 unspecified atom stereocenters. The second-order valence-electron chi connectivity index (χ2n) is 6.47. The number of nitrogens with zero attached hydrogens (tertiary/aromatic N) is 2. The number of nitrogens with one attached hydrogen (secondary N) is 1. The predicted molar refractivity (Wildman–Crippen MR) is 103 cm³/mol. The molecule has 0 spiro atoms. The van der Waals surface area contributed by atoms with Crippen LogP contribution in [0, 0.1) is 6.92 Å². The fourth-order valence-corrected chi connectivity index (χ4v) is 2.57. The third kappa shape index (κ3) is 4.61. The molecule has 2 amide bonds. The SMILES string of the molecule is CC(=O)N(C)Cc1cccc(NC(=O)c2cc(-c3ccc(C)cc3)no2)c1. The minimum atomic E-state index is -0.377. The van der Waals surface area contributed by atoms with E-state index in [0.29, 0.717) is 17.9 Å². The molecule has 0 aliphatic rings. The third-order valence-corrected chi connectivity index (χ3v) is 4.22. The van der Waals surface area contributed by atoms with Crippen LogP contribution in [0.15, 0.2) is 59.1 Å². The number of hydrogen-bond donors (Lipinski definition) is 1. The van der Waals surface area contributed by atoms with Gasteiger partial charge >= 0.3 is 0 Å². The number of amides is 2. The zero-order valence-electron chi connectivity index (χ0n) is 15.5. The number of carbonyl (C=O) groups excluding carboxylic acids is 2. The maximum absolute atomic E-state index is 12.4. The van der Waals surface area contributed by atoms with E-state index in [1.54, 1.807) is 24.1 Å². The topological polar surface area (TPSA) is 75.4 Å². The number of anilines is 1. The molecule has 6 heteroatoms. The van der Waals surface area contributed by atoms with Crippen LogP contribution in [0.2, 0.25) is 0 Å². The second kappa shape index (κ2) is 7.86. The molecular formula is C21H21N3O3. The van der Waals surface area contributed by atoms with Crippen LogP contribution in [0.4, 0.5) is 5.69 Å². The lowest BCUT2D eigenvalue weighted by molar-refractivity contribution is -0.128. The predicted octanol–water partition coefficient (Wildman–Crippen LogP) is 3.88. The molecule has 1 N–H and O–H groups in total. The number of aromatic nitrogens is 1. The van der Waals surface area contributed by atoms with Gasteiger partial charge in [0, 0.05) is 37.8 Å². The summed E-state index contributed by atoms with van der Waals surface area (Å²) in [7, 11) is 1.73. The van der Waals surface area contributed by atoms with Crippen molar-refractivity contribution in [1.82, 2.24) is 10.1 Å². The Morgan fingerprint density at radius 1 is 1.11 bits per heavy atom. The van der Waals surface area contributed by atoms with Crippen molar-refractivity contribution in [3.63, 3.8) is 0 Å². The largest absolute Gasteiger partial charge is 0.350 e. The van der Waals surface area contributed by atoms with Gasteiger partial charge in [-0.05, 0) is 24.6 Å². The van der Waals surface area contributed by atoms with Crippen molar-refractivity contribution in [1.29, 1.82) is 0 Å². The van der Waals surface area contributed by atoms with Crippen LogP contribution in [0.1, 0.15) is 28.6 Å². The molecule has 1 heterocycles. The fraction of sp³-hybridized carbons (Fsp3) is 0.190. The standard InChI is InChI=1S/C21H21N3O3/c1-14-7-9-17(10-8-14)19-12-20(27-23-19)21(26)22-18-6-4-5-16(11-18)13-24(3)15(2)25/h4-12H,13H2,1-3H3,(H,22,26). The van der Waals surface area contributed by atoms with Crippen LogP contribution in [-0.4, -0.2) is 28.9 Å². The highest BCUT2D eigenvalue weighted by Crippen LogP contribution is 2.20. The normalized spacial score (nSPS) is 10.5. The highest BCUT2D eigenvalue weighted by molar-refractivity contribution is 6.02. The fourth-order valence-electron chi connectivity index (χ4n) is 2.57. The zero-order chi connectivity index (χ0) is 19.4. The molecule has 2 aromatic carbocycles. The van der Waals surface area contributed by atoms with Gasteiger partial charge in [0.25, 0.3) is 5.91 Å². The van der Waals surface area contributed by atoms with Gasteiger partial charge < -0.3 is 14.7 Å². The average Bonchev–Trinajstić information content (AvgIpc) is 3.13. The van der Waals surface area contributed by atoms with E-state index in [1.807, 2.05) is 49.4 Å². The van der Waals surface area contributed by atoms with Crippen molar-refractivity contribution >= 4 is 17.5 Å². The summed E-state index contributed by atoms with van der Waals surface area (Å²) in [5.74, 6) is -0.260. The third-order valence-electron chi connectivity index (χ3n) is 4.22. The van der Waals surface area contributed by atoms with Gasteiger partial charge in [-0.1, -0.05) is 47.1 Å². The molecule has 0 atom stereocenters. The molecule has 0 aliphatic heterocycles. The Labute approximate surface area is 157 Å². The quantitative estimate of drug-likeness (QED) is 0.746. The molecule has 0 fully saturated rings. The van der Waals surface area contributed by atoms with Gasteiger partial charge in [0.1, 0.15) is 5.69 Å². The van der Waals surface area contributed by atoms with Gasteiger partial charge in [-0.15, -0.1) is 0 Å². The van der Waals surface area contributed by atoms with E-state index in [2.05, 4.69) is 10.5 Å². The van der Waals surface area contributed by atoms with Crippen molar-refractivity contribution in [3.05, 3.63) is 71.5 Å². The molecule has 6 nitrogen and oxygen atoms in total. The Morgan fingerprint density at radius 2 is 1.85 bits per heavy atom. The van der Waals surface area contributed by atoms with E-state index >= 15 is 0 Å². The lowest BCUT2D eigenvalue weighted by atomic mass is 10.1. The second-order valence-corrected chi connectivity index (χ2v) is 6.47. The summed E-state index contributed by atoms with van der Waals surface area (Å²) >= 11 is 0. The van der Waals surface area contributed by atoms with Crippen LogP contribution >= 0.6 is 0 Å². The molecular weight excluding hydrogens is 342 g/mol. The minimum absolute atomic E-state index is 0.0188. The summed E-state index contributed by atoms with van der Waals surface area (Å²) in [4.78, 5) is 25.4. The minimum Gasteiger partial charge on any atom is -0.350 e. The van der Waals surface area contributed by atoms with Crippen LogP contribution < -0.4 is 5.32 Å². The molecule has 0 saturated heterocycles. The van der Waals surface area contributed by atoms with Crippen molar-refractivity contribution < 1.29 is 14.1 Å². The summed E-state index contributed by atoms with van der Waals surface area (Å²) in [6.07, 6.45) is 0. The van der Waals surface area contributed by atoms with Crippen molar-refractivity contribution in [3.8, 4) is 11.3 Å². The monoisotopic (exact) mass is 363 g/mol. The van der Waals surface area contributed by atoms with Gasteiger partial charge in [-0.2, -0.15) is 0 Å². The van der Waals surface area contributed by atoms with E-state index in [-0.39, 0.29) is 17.6 Å². The van der Waals surface area contributed by atoms with Gasteiger partial charge in [0.05, 0.1) is 0 Å². The van der Waals surface area contributed by atoms with Crippen molar-refractivity contribution in [2.24, 2.45) is 0 Å². The lowest BCUT2D eigenvalue weighted by Crippen LogP contribution is -2.23. The first-order valence-electron chi connectivity index (χ1n) is 8.58. The van der Waals surface area contributed by atoms with Crippen molar-refractivity contribution in [2.75, 3.05) is 12.4 Å². The number of carbonyl (C=O) groups is 2. The molecule has 0 saturated carbocycles. The maximum Gasteiger partial charge on any atom is 0.294 e. The first-order chi connectivity index (χ1) is 12.9. The van der Waals surface area contributed by atoms with Gasteiger partial charge in [-0.25, -0.2) is 0 Å². The number of hydrogen-bond acceptors (Lipinski definition) is 4. The highest BCUT2D eigenvalue weighted by Gasteiger charge is 2.14. The van der Waals surface area contributed by atoms with E-state index in [0.717, 1.165) is 16.7 Å². The Balaban J connectivity index is 1.71. The Kier molecular flexibility index (Phi) is 5.35. The molecule has 0 bridgehead atoms. The van der Waals surface area contributed by atoms with E-state index in [1.165, 1.54) is 6.92 Å². The van der Waals surface area contributed by atoms with Crippen LogP contribution in [0.5, 0.6) is 0 Å². The molecule has 138 valence electrons. The van der Waals surface area contributed by atoms with Gasteiger partial charge in [0.2, 0.25) is 11.7 Å². The summed E-state index contributed by atoms with van der Waals surface area (Å²) < 4.78 is 5.19. The summed E-state index contributed by atoms with van der Waals surface area (Å²) in [5.41, 5.74) is 4.19. The average molecular weight is 363 g/mol. The summed E-state index contributed by atoms with van der Waals surface area (Å²) in [6, 6.07) is 16.8. The molecule has 0 aliphatic carbocycles. The zero-order valence-corrected chi connectivity index (χ0v) is 15.5. The first-order valence-corrected chi connectivity index (χ1v) is 8.58. The highest BCUT2D eigenvalue weighted by atomic mass is 16.5. The summed E-state index contributed by atoms with van der Waals surface area (Å²) in [5, 5.41) is 6.77. The molecule has 1 aromatic heterocycles. The smallest absolute Gasteiger partial charge is 0.294 e. The lowest BCUT2D eigenvalue weighted by Gasteiger charge is -2.15. The van der Waals surface area contributed by atoms with Crippen LogP contribution in [-0.2, 0) is 11.3 Å². The van der Waals surface area contributed by atoms with E-state index < -0.39 is 0 Å². The van der Waals surface area contributed by atoms with Crippen LogP contribution in [0.25, 0.3) is 11.3 Å². The molecule has 27 heavy (non-hydrogen) atoms. The van der Waals surface area contributed by atoms with Crippen LogP contribution in [0.3, 0.4) is 0 Å². The van der Waals surface area contributed by atoms with Crippen molar-refractivity contribution in [2.45, 2.75) is 20.4 Å².